The fourth-order valence-electron chi connectivity index (χ4n) is 4.34. The van der Waals surface area contributed by atoms with Crippen molar-refractivity contribution in [2.45, 2.75) is 38.0 Å². The minimum Gasteiger partial charge on any atom is -0.316 e. The van der Waals surface area contributed by atoms with Gasteiger partial charge in [-0.05, 0) is 55.3 Å². The van der Waals surface area contributed by atoms with E-state index in [1.165, 1.54) is 23.9 Å². The van der Waals surface area contributed by atoms with Crippen LogP contribution in [0.3, 0.4) is 0 Å². The number of aromatic nitrogens is 3. The van der Waals surface area contributed by atoms with Gasteiger partial charge >= 0.3 is 0 Å². The number of para-hydroxylation sites is 1. The number of benzene rings is 2. The number of hydrogen-bond acceptors (Lipinski definition) is 3. The molecule has 156 valence electrons. The van der Waals surface area contributed by atoms with Crippen molar-refractivity contribution < 1.29 is 0 Å². The highest BCUT2D eigenvalue weighted by Crippen LogP contribution is 2.32. The molecule has 0 radical (unpaired) electrons. The van der Waals surface area contributed by atoms with Crippen molar-refractivity contribution in [2.75, 3.05) is 0 Å². The lowest BCUT2D eigenvalue weighted by Crippen LogP contribution is -2.25. The predicted molar refractivity (Wildman–Crippen MR) is 128 cm³/mol. The molecule has 0 saturated heterocycles. The SMILES string of the molecule is O=c1c2cc(Br)ccc2nc(C2CCCCC2)n1N=Cc1cccn1-c1ccccc1. The van der Waals surface area contributed by atoms with Gasteiger partial charge in [0.05, 0.1) is 22.8 Å². The average molecular weight is 475 g/mol. The molecular formula is C25H23BrN4O. The number of halogens is 1. The quantitative estimate of drug-likeness (QED) is 0.346. The molecule has 0 spiro atoms. The largest absolute Gasteiger partial charge is 0.316 e. The maximum Gasteiger partial charge on any atom is 0.282 e. The molecule has 4 aromatic rings. The van der Waals surface area contributed by atoms with Gasteiger partial charge < -0.3 is 4.57 Å². The fourth-order valence-corrected chi connectivity index (χ4v) is 4.70. The second-order valence-electron chi connectivity index (χ2n) is 7.97. The first-order chi connectivity index (χ1) is 15.2. The number of rotatable bonds is 4. The highest BCUT2D eigenvalue weighted by molar-refractivity contribution is 9.10. The van der Waals surface area contributed by atoms with Crippen LogP contribution in [0.4, 0.5) is 0 Å². The molecular weight excluding hydrogens is 452 g/mol. The van der Waals surface area contributed by atoms with Gasteiger partial charge in [0.15, 0.2) is 0 Å². The second kappa shape index (κ2) is 8.63. The predicted octanol–water partition coefficient (Wildman–Crippen LogP) is 5.88. The molecule has 0 amide bonds. The first kappa shape index (κ1) is 19.9. The van der Waals surface area contributed by atoms with Gasteiger partial charge in [-0.25, -0.2) is 4.98 Å². The Morgan fingerprint density at radius 2 is 1.81 bits per heavy atom. The van der Waals surface area contributed by atoms with Gasteiger partial charge in [0, 0.05) is 22.3 Å². The summed E-state index contributed by atoms with van der Waals surface area (Å²) in [7, 11) is 0. The zero-order chi connectivity index (χ0) is 21.2. The maximum atomic E-state index is 13.4. The van der Waals surface area contributed by atoms with E-state index in [2.05, 4.69) is 25.6 Å². The molecule has 0 atom stereocenters. The summed E-state index contributed by atoms with van der Waals surface area (Å²) in [6.45, 7) is 0. The Kier molecular flexibility index (Phi) is 5.55. The summed E-state index contributed by atoms with van der Waals surface area (Å²) >= 11 is 3.47. The molecule has 6 heteroatoms. The number of hydrogen-bond donors (Lipinski definition) is 0. The van der Waals surface area contributed by atoms with Crippen LogP contribution in [0, 0.1) is 0 Å². The molecule has 1 aliphatic rings. The van der Waals surface area contributed by atoms with E-state index in [0.29, 0.717) is 5.39 Å². The van der Waals surface area contributed by atoms with Crippen molar-refractivity contribution in [3.05, 3.63) is 93.2 Å². The second-order valence-corrected chi connectivity index (χ2v) is 8.88. The van der Waals surface area contributed by atoms with Crippen LogP contribution < -0.4 is 5.56 Å². The topological polar surface area (TPSA) is 52.2 Å². The lowest BCUT2D eigenvalue weighted by molar-refractivity contribution is 0.416. The van der Waals surface area contributed by atoms with Gasteiger partial charge in [0.2, 0.25) is 0 Å². The van der Waals surface area contributed by atoms with E-state index in [9.17, 15) is 4.79 Å². The van der Waals surface area contributed by atoms with Crippen molar-refractivity contribution >= 4 is 33.0 Å². The van der Waals surface area contributed by atoms with Crippen LogP contribution in [-0.2, 0) is 0 Å². The summed E-state index contributed by atoms with van der Waals surface area (Å²) < 4.78 is 4.44. The molecule has 5 rings (SSSR count). The van der Waals surface area contributed by atoms with E-state index in [1.807, 2.05) is 66.9 Å². The summed E-state index contributed by atoms with van der Waals surface area (Å²) in [5.41, 5.74) is 2.56. The molecule has 0 bridgehead atoms. The van der Waals surface area contributed by atoms with E-state index in [1.54, 1.807) is 6.21 Å². The Balaban J connectivity index is 1.63. The van der Waals surface area contributed by atoms with Gasteiger partial charge in [-0.3, -0.25) is 4.79 Å². The summed E-state index contributed by atoms with van der Waals surface area (Å²) in [5, 5.41) is 5.24. The van der Waals surface area contributed by atoms with Gasteiger partial charge in [0.1, 0.15) is 5.82 Å². The van der Waals surface area contributed by atoms with E-state index < -0.39 is 0 Å². The van der Waals surface area contributed by atoms with Gasteiger partial charge in [-0.2, -0.15) is 9.78 Å². The lowest BCUT2D eigenvalue weighted by atomic mass is 9.88. The van der Waals surface area contributed by atoms with E-state index in [-0.39, 0.29) is 11.5 Å². The molecule has 0 N–H and O–H groups in total. The van der Waals surface area contributed by atoms with Gasteiger partial charge in [0.25, 0.3) is 5.56 Å². The molecule has 1 saturated carbocycles. The summed E-state index contributed by atoms with van der Waals surface area (Å²) in [4.78, 5) is 18.3. The van der Waals surface area contributed by atoms with Crippen LogP contribution >= 0.6 is 15.9 Å². The summed E-state index contributed by atoms with van der Waals surface area (Å²) in [5.74, 6) is 1.03. The molecule has 2 aromatic carbocycles. The minimum absolute atomic E-state index is 0.124. The third-order valence-electron chi connectivity index (χ3n) is 5.92. The Morgan fingerprint density at radius 1 is 1.00 bits per heavy atom. The maximum absolute atomic E-state index is 13.4. The van der Waals surface area contributed by atoms with Gasteiger partial charge in [-0.15, -0.1) is 0 Å². The van der Waals surface area contributed by atoms with Crippen molar-refractivity contribution in [1.82, 2.24) is 14.2 Å². The Hall–Kier alpha value is -2.99. The number of nitrogens with zero attached hydrogens (tertiary/aromatic N) is 4. The van der Waals surface area contributed by atoms with Gasteiger partial charge in [-0.1, -0.05) is 53.4 Å². The average Bonchev–Trinajstić information content (AvgIpc) is 3.28. The van der Waals surface area contributed by atoms with Crippen LogP contribution in [0.25, 0.3) is 16.6 Å². The van der Waals surface area contributed by atoms with Crippen LogP contribution in [0.5, 0.6) is 0 Å². The molecule has 0 aliphatic heterocycles. The van der Waals surface area contributed by atoms with Crippen molar-refractivity contribution in [3.63, 3.8) is 0 Å². The normalized spacial score (nSPS) is 15.1. The van der Waals surface area contributed by atoms with E-state index in [0.717, 1.165) is 40.0 Å². The summed E-state index contributed by atoms with van der Waals surface area (Å²) in [6, 6.07) is 19.7. The molecule has 2 heterocycles. The van der Waals surface area contributed by atoms with Crippen LogP contribution in [0.1, 0.15) is 49.5 Å². The molecule has 1 aliphatic carbocycles. The smallest absolute Gasteiger partial charge is 0.282 e. The standard InChI is InChI=1S/C25H23BrN4O/c26-19-13-14-23-22(16-19)25(31)30(24(28-23)18-8-3-1-4-9-18)27-17-21-12-7-15-29(21)20-10-5-2-6-11-20/h2,5-7,10-18H,1,3-4,8-9H2. The van der Waals surface area contributed by atoms with Crippen LogP contribution in [0.15, 0.2) is 81.2 Å². The highest BCUT2D eigenvalue weighted by atomic mass is 79.9. The molecule has 31 heavy (non-hydrogen) atoms. The van der Waals surface area contributed by atoms with Crippen LogP contribution in [0.2, 0.25) is 0 Å². The lowest BCUT2D eigenvalue weighted by Gasteiger charge is -2.22. The minimum atomic E-state index is -0.124. The first-order valence-electron chi connectivity index (χ1n) is 10.7. The molecule has 5 nitrogen and oxygen atoms in total. The fraction of sp³-hybridized carbons (Fsp3) is 0.240. The first-order valence-corrected chi connectivity index (χ1v) is 11.5. The van der Waals surface area contributed by atoms with Crippen LogP contribution in [-0.4, -0.2) is 20.4 Å². The molecule has 0 unspecified atom stereocenters. The third kappa shape index (κ3) is 4.00. The Labute approximate surface area is 189 Å². The number of fused-ring (bicyclic) bond motifs is 1. The Morgan fingerprint density at radius 3 is 2.61 bits per heavy atom. The van der Waals surface area contributed by atoms with Crippen molar-refractivity contribution in [2.24, 2.45) is 5.10 Å². The van der Waals surface area contributed by atoms with Crippen molar-refractivity contribution in [1.29, 1.82) is 0 Å². The molecule has 2 aromatic heterocycles. The van der Waals surface area contributed by atoms with Crippen molar-refractivity contribution in [3.8, 4) is 5.69 Å². The Bertz CT molecular complexity index is 1300. The third-order valence-corrected chi connectivity index (χ3v) is 6.42. The highest BCUT2D eigenvalue weighted by Gasteiger charge is 2.22. The monoisotopic (exact) mass is 474 g/mol. The van der Waals surface area contributed by atoms with E-state index in [4.69, 9.17) is 4.98 Å². The van der Waals surface area contributed by atoms with E-state index >= 15 is 0 Å². The summed E-state index contributed by atoms with van der Waals surface area (Å²) in [6.07, 6.45) is 9.42. The molecule has 1 fully saturated rings. The zero-order valence-corrected chi connectivity index (χ0v) is 18.7. The zero-order valence-electron chi connectivity index (χ0n) is 17.1.